The summed E-state index contributed by atoms with van der Waals surface area (Å²) in [4.78, 5) is 12.0. The highest BCUT2D eigenvalue weighted by atomic mass is 32.2. The smallest absolute Gasteiger partial charge is 0.137 e. The van der Waals surface area contributed by atoms with Crippen molar-refractivity contribution in [1.82, 2.24) is 9.80 Å². The van der Waals surface area contributed by atoms with Crippen LogP contribution in [0.5, 0.6) is 5.75 Å². The second kappa shape index (κ2) is 9.63. The number of nitrogens with zero attached hydrogens (tertiary/aromatic N) is 3. The highest BCUT2D eigenvalue weighted by molar-refractivity contribution is 7.99. The molecule has 2 heterocycles. The van der Waals surface area contributed by atoms with Crippen molar-refractivity contribution in [2.75, 3.05) is 59.7 Å². The molecule has 1 fully saturated rings. The summed E-state index contributed by atoms with van der Waals surface area (Å²) in [6, 6.07) is 13.8. The number of aromatic hydroxyl groups is 1. The van der Waals surface area contributed by atoms with Gasteiger partial charge in [0.25, 0.3) is 0 Å². The van der Waals surface area contributed by atoms with Crippen LogP contribution in [0.3, 0.4) is 0 Å². The Hall–Kier alpha value is -2.06. The summed E-state index contributed by atoms with van der Waals surface area (Å²) in [7, 11) is 1.69. The van der Waals surface area contributed by atoms with Crippen LogP contribution in [0.25, 0.3) is 0 Å². The largest absolute Gasteiger partial charge is 0.508 e. The third kappa shape index (κ3) is 4.93. The maximum Gasteiger partial charge on any atom is 0.137 e. The number of hydrogen-bond acceptors (Lipinski definition) is 7. The van der Waals surface area contributed by atoms with Gasteiger partial charge < -0.3 is 19.5 Å². The van der Waals surface area contributed by atoms with E-state index in [0.29, 0.717) is 13.2 Å². The van der Waals surface area contributed by atoms with Gasteiger partial charge in [-0.2, -0.15) is 0 Å². The lowest BCUT2D eigenvalue weighted by molar-refractivity contribution is 0.0513. The molecule has 0 aliphatic carbocycles. The number of phenols is 1. The Morgan fingerprint density at radius 2 is 1.83 bits per heavy atom. The summed E-state index contributed by atoms with van der Waals surface area (Å²) in [5.41, 5.74) is 2.07. The normalized spacial score (nSPS) is 16.7. The van der Waals surface area contributed by atoms with Gasteiger partial charge in [0.15, 0.2) is 0 Å². The molecule has 4 rings (SSSR count). The van der Waals surface area contributed by atoms with Gasteiger partial charge >= 0.3 is 0 Å². The van der Waals surface area contributed by atoms with E-state index in [2.05, 4.69) is 34.1 Å². The van der Waals surface area contributed by atoms with Crippen LogP contribution < -0.4 is 0 Å². The molecule has 0 aromatic heterocycles. The van der Waals surface area contributed by atoms with Crippen LogP contribution >= 0.6 is 11.8 Å². The average Bonchev–Trinajstić information content (AvgIpc) is 2.90. The molecule has 2 aliphatic heterocycles. The average molecular weight is 414 g/mol. The molecule has 0 amide bonds. The van der Waals surface area contributed by atoms with Crippen molar-refractivity contribution >= 4 is 23.3 Å². The van der Waals surface area contributed by atoms with Crippen LogP contribution in [0, 0.1) is 0 Å². The van der Waals surface area contributed by atoms with Gasteiger partial charge in [0.05, 0.1) is 25.5 Å². The molecule has 1 saturated heterocycles. The van der Waals surface area contributed by atoms with Gasteiger partial charge in [-0.05, 0) is 24.3 Å². The molecule has 0 spiro atoms. The lowest BCUT2D eigenvalue weighted by Gasteiger charge is -2.36. The maximum absolute atomic E-state index is 9.90. The molecule has 0 saturated carbocycles. The number of methoxy groups -OCH3 is 1. The first kappa shape index (κ1) is 20.2. The first-order valence-corrected chi connectivity index (χ1v) is 10.8. The number of phenolic OH excluding ortho intramolecular Hbond substituents is 1. The Balaban J connectivity index is 1.47. The number of benzene rings is 2. The van der Waals surface area contributed by atoms with Crippen molar-refractivity contribution < 1.29 is 14.6 Å². The molecule has 2 aliphatic rings. The predicted octanol–water partition coefficient (Wildman–Crippen LogP) is 3.22. The lowest BCUT2D eigenvalue weighted by atomic mass is 10.1. The van der Waals surface area contributed by atoms with Crippen LogP contribution in [0.4, 0.5) is 5.69 Å². The number of fused-ring (bicyclic) bond motifs is 2. The lowest BCUT2D eigenvalue weighted by Crippen LogP contribution is -2.49. The number of hydrogen-bond donors (Lipinski definition) is 1. The fourth-order valence-corrected chi connectivity index (χ4v) is 4.62. The van der Waals surface area contributed by atoms with Gasteiger partial charge in [0.2, 0.25) is 0 Å². The predicted molar refractivity (Wildman–Crippen MR) is 116 cm³/mol. The topological polar surface area (TPSA) is 57.5 Å². The second-order valence-corrected chi connectivity index (χ2v) is 8.20. The zero-order valence-corrected chi connectivity index (χ0v) is 17.5. The van der Waals surface area contributed by atoms with Crippen molar-refractivity contribution in [3.05, 3.63) is 48.0 Å². The quantitative estimate of drug-likeness (QED) is 0.734. The van der Waals surface area contributed by atoms with Gasteiger partial charge in [0, 0.05) is 55.2 Å². The van der Waals surface area contributed by atoms with Crippen molar-refractivity contribution in [2.45, 2.75) is 9.79 Å². The third-order valence-electron chi connectivity index (χ3n) is 5.17. The number of amidine groups is 1. The number of rotatable bonds is 6. The molecular weight excluding hydrogens is 386 g/mol. The molecule has 29 heavy (non-hydrogen) atoms. The Morgan fingerprint density at radius 3 is 2.66 bits per heavy atom. The Labute approximate surface area is 176 Å². The summed E-state index contributed by atoms with van der Waals surface area (Å²) in [5, 5.41) is 9.90. The van der Waals surface area contributed by atoms with Crippen LogP contribution in [0.1, 0.15) is 5.56 Å². The SMILES string of the molecule is COCCOCCN1CCN(C2=Nc3ccc(O)cc3Sc3ccccc32)CC1. The highest BCUT2D eigenvalue weighted by Gasteiger charge is 2.25. The van der Waals surface area contributed by atoms with E-state index in [-0.39, 0.29) is 5.75 Å². The second-order valence-electron chi connectivity index (χ2n) is 7.12. The minimum atomic E-state index is 0.272. The van der Waals surface area contributed by atoms with E-state index < -0.39 is 0 Å². The fourth-order valence-electron chi connectivity index (χ4n) is 3.57. The minimum Gasteiger partial charge on any atom is -0.508 e. The van der Waals surface area contributed by atoms with Gasteiger partial charge in [-0.15, -0.1) is 0 Å². The first-order chi connectivity index (χ1) is 14.2. The van der Waals surface area contributed by atoms with Crippen molar-refractivity contribution in [3.63, 3.8) is 0 Å². The summed E-state index contributed by atoms with van der Waals surface area (Å²) < 4.78 is 10.6. The van der Waals surface area contributed by atoms with E-state index >= 15 is 0 Å². The molecule has 0 unspecified atom stereocenters. The number of piperazine rings is 1. The molecule has 6 nitrogen and oxygen atoms in total. The van der Waals surface area contributed by atoms with E-state index in [0.717, 1.165) is 61.3 Å². The van der Waals surface area contributed by atoms with Crippen molar-refractivity contribution in [2.24, 2.45) is 4.99 Å². The molecule has 1 N–H and O–H groups in total. The Kier molecular flexibility index (Phi) is 6.71. The van der Waals surface area contributed by atoms with Gasteiger partial charge in [-0.25, -0.2) is 4.99 Å². The van der Waals surface area contributed by atoms with Crippen LogP contribution in [-0.4, -0.2) is 80.4 Å². The summed E-state index contributed by atoms with van der Waals surface area (Å²) in [5.74, 6) is 1.29. The van der Waals surface area contributed by atoms with E-state index in [4.69, 9.17) is 14.5 Å². The zero-order chi connectivity index (χ0) is 20.1. The summed E-state index contributed by atoms with van der Waals surface area (Å²) in [6.07, 6.45) is 0. The van der Waals surface area contributed by atoms with Crippen LogP contribution in [-0.2, 0) is 9.47 Å². The summed E-state index contributed by atoms with van der Waals surface area (Å²) >= 11 is 1.66. The third-order valence-corrected chi connectivity index (χ3v) is 6.30. The Bertz CT molecular complexity index is 866. The molecule has 154 valence electrons. The van der Waals surface area contributed by atoms with Crippen molar-refractivity contribution in [3.8, 4) is 5.75 Å². The monoisotopic (exact) mass is 413 g/mol. The molecular formula is C22H27N3O3S. The highest BCUT2D eigenvalue weighted by Crippen LogP contribution is 2.42. The van der Waals surface area contributed by atoms with Gasteiger partial charge in [-0.3, -0.25) is 4.90 Å². The van der Waals surface area contributed by atoms with E-state index in [9.17, 15) is 5.11 Å². The van der Waals surface area contributed by atoms with E-state index in [1.54, 1.807) is 31.0 Å². The molecule has 2 aromatic carbocycles. The fraction of sp³-hybridized carbons (Fsp3) is 0.409. The molecule has 0 bridgehead atoms. The van der Waals surface area contributed by atoms with E-state index in [1.807, 2.05) is 6.07 Å². The Morgan fingerprint density at radius 1 is 1.00 bits per heavy atom. The molecule has 7 heteroatoms. The molecule has 0 radical (unpaired) electrons. The van der Waals surface area contributed by atoms with E-state index in [1.165, 1.54) is 4.90 Å². The summed E-state index contributed by atoms with van der Waals surface area (Å²) in [6.45, 7) is 6.82. The first-order valence-electron chi connectivity index (χ1n) is 9.97. The standard InChI is InChI=1S/C22H27N3O3S/c1-27-14-15-28-13-12-24-8-10-25(11-9-24)22-18-4-2-3-5-20(18)29-21-16-17(26)6-7-19(21)23-22/h2-7,16,26H,8-15H2,1H3. The van der Waals surface area contributed by atoms with Crippen LogP contribution in [0.2, 0.25) is 0 Å². The van der Waals surface area contributed by atoms with Crippen molar-refractivity contribution in [1.29, 1.82) is 0 Å². The maximum atomic E-state index is 9.90. The number of aliphatic imine (C=N–C) groups is 1. The molecule has 0 atom stereocenters. The van der Waals surface area contributed by atoms with Crippen LogP contribution in [0.15, 0.2) is 57.2 Å². The minimum absolute atomic E-state index is 0.272. The molecule has 2 aromatic rings. The number of ether oxygens (including phenoxy) is 2. The van der Waals surface area contributed by atoms with Gasteiger partial charge in [0.1, 0.15) is 11.6 Å². The van der Waals surface area contributed by atoms with Gasteiger partial charge in [-0.1, -0.05) is 30.0 Å². The zero-order valence-electron chi connectivity index (χ0n) is 16.7.